The predicted octanol–water partition coefficient (Wildman–Crippen LogP) is 6.42. The van der Waals surface area contributed by atoms with Crippen LogP contribution in [0.5, 0.6) is 0 Å². The number of nitrogens with zero attached hydrogens (tertiary/aromatic N) is 6. The molecule has 2 N–H and O–H groups in total. The van der Waals surface area contributed by atoms with Gasteiger partial charge in [-0.15, -0.1) is 0 Å². The first kappa shape index (κ1) is 36.3. The van der Waals surface area contributed by atoms with Crippen LogP contribution in [-0.4, -0.2) is 60.6 Å². The lowest BCUT2D eigenvalue weighted by Gasteiger charge is -2.24. The Bertz CT molecular complexity index is 2210. The number of aromatic nitrogens is 6. The Hall–Kier alpha value is -6.53. The number of rotatable bonds is 12. The molecule has 0 spiro atoms. The van der Waals surface area contributed by atoms with E-state index in [1.165, 1.54) is 38.4 Å². The van der Waals surface area contributed by atoms with Gasteiger partial charge in [-0.25, -0.2) is 39.5 Å². The fraction of sp³-hybridized carbons (Fsp3) is 0.382. The zero-order valence-corrected chi connectivity index (χ0v) is 29.9. The van der Waals surface area contributed by atoms with Crippen LogP contribution >= 0.6 is 0 Å². The minimum absolute atomic E-state index is 0.0180. The summed E-state index contributed by atoms with van der Waals surface area (Å²) in [6.45, 7) is 12.9. The largest absolute Gasteiger partial charge is 0.464 e. The first-order chi connectivity index (χ1) is 25.2. The SMILES string of the molecule is COC(=O)c1coc(-c2coc(-c3coc(C(NC(=O)c4coc(-c5coc(-c6coc(C(NC(=O)OC(C)(C)C)C(C)C)n6)n5)n4)C(C)C)n3)n2)n1. The molecule has 0 saturated heterocycles. The van der Waals surface area contributed by atoms with Crippen LogP contribution < -0.4 is 10.6 Å². The normalized spacial score (nSPS) is 12.9. The van der Waals surface area contributed by atoms with Crippen molar-refractivity contribution >= 4 is 18.0 Å². The highest BCUT2D eigenvalue weighted by Crippen LogP contribution is 2.30. The molecule has 2 unspecified atom stereocenters. The van der Waals surface area contributed by atoms with Crippen LogP contribution in [0.1, 0.15) is 93.3 Å². The van der Waals surface area contributed by atoms with Gasteiger partial charge >= 0.3 is 12.1 Å². The molecule has 0 aromatic carbocycles. The summed E-state index contributed by atoms with van der Waals surface area (Å²) in [4.78, 5) is 63.4. The molecule has 6 aromatic heterocycles. The van der Waals surface area contributed by atoms with Crippen LogP contribution in [-0.2, 0) is 9.47 Å². The zero-order valence-electron chi connectivity index (χ0n) is 29.9. The molecule has 53 heavy (non-hydrogen) atoms. The van der Waals surface area contributed by atoms with Crippen molar-refractivity contribution in [2.45, 2.75) is 66.2 Å². The molecule has 6 heterocycles. The van der Waals surface area contributed by atoms with Gasteiger partial charge in [0, 0.05) is 0 Å². The molecule has 19 nitrogen and oxygen atoms in total. The number of nitrogens with one attached hydrogen (secondary N) is 2. The van der Waals surface area contributed by atoms with Crippen LogP contribution in [0, 0.1) is 11.8 Å². The second-order valence-electron chi connectivity index (χ2n) is 13.3. The molecule has 2 atom stereocenters. The number of ether oxygens (including phenoxy) is 2. The van der Waals surface area contributed by atoms with Crippen LogP contribution in [0.4, 0.5) is 4.79 Å². The van der Waals surface area contributed by atoms with Gasteiger partial charge in [-0.05, 0) is 32.6 Å². The van der Waals surface area contributed by atoms with Crippen molar-refractivity contribution in [1.29, 1.82) is 0 Å². The number of hydrogen-bond acceptors (Lipinski definition) is 17. The van der Waals surface area contributed by atoms with E-state index in [9.17, 15) is 14.4 Å². The summed E-state index contributed by atoms with van der Waals surface area (Å²) in [7, 11) is 1.23. The van der Waals surface area contributed by atoms with E-state index in [0.29, 0.717) is 0 Å². The van der Waals surface area contributed by atoms with Gasteiger partial charge < -0.3 is 46.6 Å². The number of alkyl carbamates (subject to hydrolysis) is 1. The molecule has 278 valence electrons. The maximum Gasteiger partial charge on any atom is 0.408 e. The molecular formula is C34H36N8O11. The molecular weight excluding hydrogens is 696 g/mol. The Labute approximate surface area is 300 Å². The summed E-state index contributed by atoms with van der Waals surface area (Å²) in [5, 5.41) is 5.65. The summed E-state index contributed by atoms with van der Waals surface area (Å²) in [5.41, 5.74) is 0.194. The zero-order chi connectivity index (χ0) is 38.0. The molecule has 0 saturated carbocycles. The van der Waals surface area contributed by atoms with Gasteiger partial charge in [-0.3, -0.25) is 4.79 Å². The van der Waals surface area contributed by atoms with Gasteiger partial charge in [0.05, 0.1) is 7.11 Å². The highest BCUT2D eigenvalue weighted by molar-refractivity contribution is 5.92. The Morgan fingerprint density at radius 2 is 1.00 bits per heavy atom. The fourth-order valence-corrected chi connectivity index (χ4v) is 4.80. The van der Waals surface area contributed by atoms with Gasteiger partial charge in [0.1, 0.15) is 55.3 Å². The van der Waals surface area contributed by atoms with Crippen molar-refractivity contribution < 1.29 is 50.4 Å². The van der Waals surface area contributed by atoms with Gasteiger partial charge in [0.2, 0.25) is 35.3 Å². The van der Waals surface area contributed by atoms with Crippen molar-refractivity contribution in [3.63, 3.8) is 0 Å². The molecule has 19 heteroatoms. The molecule has 0 aliphatic heterocycles. The number of amides is 2. The van der Waals surface area contributed by atoms with E-state index < -0.39 is 35.7 Å². The Morgan fingerprint density at radius 1 is 0.585 bits per heavy atom. The highest BCUT2D eigenvalue weighted by Gasteiger charge is 2.29. The van der Waals surface area contributed by atoms with E-state index in [0.717, 1.165) is 6.26 Å². The number of methoxy groups -OCH3 is 1. The number of oxazole rings is 6. The summed E-state index contributed by atoms with van der Waals surface area (Å²) >= 11 is 0. The Kier molecular flexibility index (Phi) is 9.99. The molecule has 6 rings (SSSR count). The van der Waals surface area contributed by atoms with E-state index >= 15 is 0 Å². The molecule has 2 amide bonds. The van der Waals surface area contributed by atoms with Gasteiger partial charge in [0.25, 0.3) is 5.91 Å². The third kappa shape index (κ3) is 8.18. The minimum atomic E-state index is -0.681. The van der Waals surface area contributed by atoms with Crippen LogP contribution in [0.25, 0.3) is 46.3 Å². The molecule has 0 aliphatic rings. The van der Waals surface area contributed by atoms with Gasteiger partial charge in [0.15, 0.2) is 34.2 Å². The first-order valence-corrected chi connectivity index (χ1v) is 16.3. The Balaban J connectivity index is 1.11. The average molecular weight is 733 g/mol. The third-order valence-electron chi connectivity index (χ3n) is 7.39. The number of carbonyl (C=O) groups excluding carboxylic acids is 3. The third-order valence-corrected chi connectivity index (χ3v) is 7.39. The number of hydrogen-bond donors (Lipinski definition) is 2. The molecule has 0 bridgehead atoms. The lowest BCUT2D eigenvalue weighted by Crippen LogP contribution is -2.37. The lowest BCUT2D eigenvalue weighted by molar-refractivity contribution is 0.0478. The average Bonchev–Trinajstić information content (AvgIpc) is 3.94. The number of carbonyl (C=O) groups is 3. The first-order valence-electron chi connectivity index (χ1n) is 16.3. The van der Waals surface area contributed by atoms with Crippen LogP contribution in [0.15, 0.2) is 64.1 Å². The van der Waals surface area contributed by atoms with Crippen LogP contribution in [0.2, 0.25) is 0 Å². The standard InChI is InChI=1S/C34H36N8O11/c1-15(2)23(30-38-20(12-51-30)27-37-19(11-49-27)29-40-22(14-50-29)32(44)46-8)41-25(43)17-9-47-26(35-17)18-10-48-28(36-18)21-13-52-31(39-21)24(16(3)4)42-33(45)53-34(5,6)7/h9-16,23-24H,1-8H3,(H,41,43)(H,42,45). The van der Waals surface area contributed by atoms with E-state index in [2.05, 4.69) is 45.3 Å². The summed E-state index contributed by atoms with van der Waals surface area (Å²) in [5.74, 6) is -0.797. The second kappa shape index (κ2) is 14.6. The van der Waals surface area contributed by atoms with E-state index in [1.54, 1.807) is 20.8 Å². The maximum absolute atomic E-state index is 13.3. The van der Waals surface area contributed by atoms with Crippen molar-refractivity contribution in [3.05, 3.63) is 60.7 Å². The van der Waals surface area contributed by atoms with Crippen molar-refractivity contribution in [1.82, 2.24) is 40.5 Å². The topological polar surface area (TPSA) is 250 Å². The molecule has 6 aromatic rings. The molecule has 0 radical (unpaired) electrons. The van der Waals surface area contributed by atoms with Crippen molar-refractivity contribution in [2.75, 3.05) is 7.11 Å². The van der Waals surface area contributed by atoms with E-state index in [-0.39, 0.29) is 81.3 Å². The maximum atomic E-state index is 13.3. The molecule has 0 fully saturated rings. The van der Waals surface area contributed by atoms with E-state index in [4.69, 9.17) is 31.2 Å². The predicted molar refractivity (Wildman–Crippen MR) is 178 cm³/mol. The fourth-order valence-electron chi connectivity index (χ4n) is 4.80. The van der Waals surface area contributed by atoms with Gasteiger partial charge in [-0.2, -0.15) is 0 Å². The Morgan fingerprint density at radius 3 is 1.49 bits per heavy atom. The highest BCUT2D eigenvalue weighted by atomic mass is 16.6. The van der Waals surface area contributed by atoms with E-state index in [1.807, 2.05) is 27.7 Å². The lowest BCUT2D eigenvalue weighted by atomic mass is 10.0. The van der Waals surface area contributed by atoms with Gasteiger partial charge in [-0.1, -0.05) is 27.7 Å². The minimum Gasteiger partial charge on any atom is -0.464 e. The number of esters is 1. The summed E-state index contributed by atoms with van der Waals surface area (Å²) in [6.07, 6.45) is 7.00. The summed E-state index contributed by atoms with van der Waals surface area (Å²) < 4.78 is 43.4. The quantitative estimate of drug-likeness (QED) is 0.129. The second-order valence-corrected chi connectivity index (χ2v) is 13.3. The van der Waals surface area contributed by atoms with Crippen molar-refractivity contribution in [3.8, 4) is 46.3 Å². The van der Waals surface area contributed by atoms with Crippen LogP contribution in [0.3, 0.4) is 0 Å². The smallest absolute Gasteiger partial charge is 0.408 e. The summed E-state index contributed by atoms with van der Waals surface area (Å²) in [6, 6.07) is -1.26. The monoisotopic (exact) mass is 732 g/mol. The van der Waals surface area contributed by atoms with Crippen molar-refractivity contribution in [2.24, 2.45) is 11.8 Å². The molecule has 0 aliphatic carbocycles.